The third-order valence-corrected chi connectivity index (χ3v) is 8.37. The zero-order valence-corrected chi connectivity index (χ0v) is 24.1. The second kappa shape index (κ2) is 10.2. The van der Waals surface area contributed by atoms with Crippen LogP contribution in [0.15, 0.2) is 150 Å². The molecule has 0 unspecified atom stereocenters. The van der Waals surface area contributed by atoms with Crippen LogP contribution >= 0.6 is 0 Å². The second-order valence-electron chi connectivity index (χ2n) is 11.1. The molecule has 5 heteroatoms. The molecule has 5 nitrogen and oxygen atoms in total. The normalized spacial score (nSPS) is 11.6. The molecule has 0 fully saturated rings. The number of nitrogens with zero attached hydrogens (tertiary/aromatic N) is 4. The number of benzene rings is 6. The molecule has 0 bridgehead atoms. The third kappa shape index (κ3) is 4.33. The molecule has 0 saturated carbocycles. The lowest BCUT2D eigenvalue weighted by molar-refractivity contribution is 0.669. The highest BCUT2D eigenvalue weighted by molar-refractivity contribution is 6.15. The topological polar surface area (TPSA) is 64.7 Å². The van der Waals surface area contributed by atoms with E-state index in [0.717, 1.165) is 65.9 Å². The van der Waals surface area contributed by atoms with Gasteiger partial charge in [-0.05, 0) is 63.7 Å². The van der Waals surface area contributed by atoms with Gasteiger partial charge in [0.15, 0.2) is 17.5 Å². The molecular formula is C40H24N4O. The van der Waals surface area contributed by atoms with Crippen LogP contribution in [0.25, 0.3) is 88.8 Å². The van der Waals surface area contributed by atoms with Crippen LogP contribution in [0.1, 0.15) is 0 Å². The lowest BCUT2D eigenvalue weighted by Gasteiger charge is -2.12. The van der Waals surface area contributed by atoms with Crippen LogP contribution in [-0.4, -0.2) is 19.9 Å². The van der Waals surface area contributed by atoms with E-state index in [1.807, 2.05) is 60.8 Å². The molecular weight excluding hydrogens is 552 g/mol. The van der Waals surface area contributed by atoms with Crippen molar-refractivity contribution in [3.8, 4) is 45.3 Å². The molecule has 9 rings (SSSR count). The van der Waals surface area contributed by atoms with Crippen molar-refractivity contribution in [3.63, 3.8) is 0 Å². The van der Waals surface area contributed by atoms with Crippen LogP contribution in [0, 0.1) is 0 Å². The Morgan fingerprint density at radius 1 is 0.422 bits per heavy atom. The summed E-state index contributed by atoms with van der Waals surface area (Å²) in [5.74, 6) is 1.82. The summed E-state index contributed by atoms with van der Waals surface area (Å²) in [5.41, 5.74) is 6.61. The Morgan fingerprint density at radius 3 is 2.00 bits per heavy atom. The fourth-order valence-corrected chi connectivity index (χ4v) is 6.23. The average molecular weight is 577 g/mol. The number of furan rings is 1. The maximum absolute atomic E-state index is 6.37. The molecule has 3 aromatic heterocycles. The van der Waals surface area contributed by atoms with E-state index in [1.165, 1.54) is 5.39 Å². The van der Waals surface area contributed by atoms with E-state index in [0.29, 0.717) is 17.5 Å². The van der Waals surface area contributed by atoms with Gasteiger partial charge in [0.2, 0.25) is 0 Å². The zero-order valence-electron chi connectivity index (χ0n) is 24.1. The van der Waals surface area contributed by atoms with Crippen molar-refractivity contribution in [1.82, 2.24) is 19.9 Å². The summed E-state index contributed by atoms with van der Waals surface area (Å²) in [7, 11) is 0. The number of pyridine rings is 1. The highest BCUT2D eigenvalue weighted by atomic mass is 16.3. The van der Waals surface area contributed by atoms with Crippen LogP contribution in [0.4, 0.5) is 0 Å². The van der Waals surface area contributed by atoms with Gasteiger partial charge in [-0.1, -0.05) is 97.1 Å². The minimum atomic E-state index is 0.591. The lowest BCUT2D eigenvalue weighted by atomic mass is 9.95. The van der Waals surface area contributed by atoms with Gasteiger partial charge >= 0.3 is 0 Å². The molecule has 3 heterocycles. The molecule has 45 heavy (non-hydrogen) atoms. The largest absolute Gasteiger partial charge is 0.456 e. The average Bonchev–Trinajstić information content (AvgIpc) is 3.48. The summed E-state index contributed by atoms with van der Waals surface area (Å²) >= 11 is 0. The highest BCUT2D eigenvalue weighted by Gasteiger charge is 2.19. The monoisotopic (exact) mass is 576 g/mol. The van der Waals surface area contributed by atoms with Crippen LogP contribution in [0.2, 0.25) is 0 Å². The van der Waals surface area contributed by atoms with Crippen molar-refractivity contribution >= 4 is 43.5 Å². The molecule has 0 aliphatic carbocycles. The first-order valence-electron chi connectivity index (χ1n) is 14.9. The lowest BCUT2D eigenvalue weighted by Crippen LogP contribution is -2.00. The molecule has 0 aliphatic heterocycles. The highest BCUT2D eigenvalue weighted by Crippen LogP contribution is 2.39. The van der Waals surface area contributed by atoms with Crippen LogP contribution < -0.4 is 0 Å². The zero-order chi connectivity index (χ0) is 29.7. The van der Waals surface area contributed by atoms with Crippen LogP contribution in [0.5, 0.6) is 0 Å². The summed E-state index contributed by atoms with van der Waals surface area (Å²) in [6.07, 6.45) is 3.69. The van der Waals surface area contributed by atoms with Crippen molar-refractivity contribution in [2.75, 3.05) is 0 Å². The number of hydrogen-bond donors (Lipinski definition) is 0. The summed E-state index contributed by atoms with van der Waals surface area (Å²) < 4.78 is 6.37. The fourth-order valence-electron chi connectivity index (χ4n) is 6.23. The van der Waals surface area contributed by atoms with Gasteiger partial charge in [0.05, 0.1) is 0 Å². The van der Waals surface area contributed by atoms with Crippen LogP contribution in [0.3, 0.4) is 0 Å². The Kier molecular flexibility index (Phi) is 5.74. The molecule has 0 aliphatic rings. The predicted octanol–water partition coefficient (Wildman–Crippen LogP) is 10.1. The molecule has 210 valence electrons. The van der Waals surface area contributed by atoms with E-state index < -0.39 is 0 Å². The quantitative estimate of drug-likeness (QED) is 0.209. The van der Waals surface area contributed by atoms with Gasteiger partial charge in [-0.2, -0.15) is 0 Å². The smallest absolute Gasteiger partial charge is 0.164 e. The molecule has 0 radical (unpaired) electrons. The maximum Gasteiger partial charge on any atom is 0.164 e. The Balaban J connectivity index is 1.32. The molecule has 0 amide bonds. The van der Waals surface area contributed by atoms with Gasteiger partial charge in [-0.15, -0.1) is 0 Å². The first-order valence-corrected chi connectivity index (χ1v) is 14.9. The van der Waals surface area contributed by atoms with E-state index in [9.17, 15) is 0 Å². The number of hydrogen-bond acceptors (Lipinski definition) is 5. The van der Waals surface area contributed by atoms with E-state index in [1.54, 1.807) is 6.20 Å². The minimum Gasteiger partial charge on any atom is -0.456 e. The van der Waals surface area contributed by atoms with Crippen LogP contribution in [-0.2, 0) is 0 Å². The van der Waals surface area contributed by atoms with Gasteiger partial charge in [-0.25, -0.2) is 15.0 Å². The van der Waals surface area contributed by atoms with E-state index >= 15 is 0 Å². The molecule has 0 atom stereocenters. The summed E-state index contributed by atoms with van der Waals surface area (Å²) in [6.45, 7) is 0. The van der Waals surface area contributed by atoms with Gasteiger partial charge < -0.3 is 4.42 Å². The Hall–Kier alpha value is -6.20. The summed E-state index contributed by atoms with van der Waals surface area (Å²) in [6, 6.07) is 45.6. The summed E-state index contributed by atoms with van der Waals surface area (Å²) in [5, 5.41) is 6.41. The first-order chi connectivity index (χ1) is 22.3. The van der Waals surface area contributed by atoms with E-state index in [2.05, 4.69) is 83.8 Å². The number of aromatic nitrogens is 4. The standard InChI is InChI=1S/C40H24N4O/c1-3-10-25(11-4-1)33-21-29(20-28-14-7-8-15-31(28)33)39-42-38(26-12-5-2-6-13-26)43-40(44-39)32-16-9-17-35-37(32)34-22-30-24-41-19-18-27(30)23-36(34)45-35/h1-24H. The Bertz CT molecular complexity index is 2540. The maximum atomic E-state index is 6.37. The first kappa shape index (κ1) is 25.3. The second-order valence-corrected chi connectivity index (χ2v) is 11.1. The number of fused-ring (bicyclic) bond motifs is 5. The van der Waals surface area contributed by atoms with Gasteiger partial charge in [0, 0.05) is 45.2 Å². The fraction of sp³-hybridized carbons (Fsp3) is 0. The summed E-state index contributed by atoms with van der Waals surface area (Å²) in [4.78, 5) is 19.6. The minimum absolute atomic E-state index is 0.591. The van der Waals surface area contributed by atoms with Crippen molar-refractivity contribution in [3.05, 3.63) is 146 Å². The molecule has 0 spiro atoms. The number of rotatable bonds is 4. The van der Waals surface area contributed by atoms with Crippen molar-refractivity contribution < 1.29 is 4.42 Å². The molecule has 6 aromatic carbocycles. The Labute approximate surface area is 258 Å². The molecule has 9 aromatic rings. The van der Waals surface area contributed by atoms with Gasteiger partial charge in [0.1, 0.15) is 11.2 Å². The van der Waals surface area contributed by atoms with Crippen molar-refractivity contribution in [2.24, 2.45) is 0 Å². The predicted molar refractivity (Wildman–Crippen MR) is 182 cm³/mol. The molecule has 0 N–H and O–H groups in total. The third-order valence-electron chi connectivity index (χ3n) is 8.37. The van der Waals surface area contributed by atoms with E-state index in [-0.39, 0.29) is 0 Å². The van der Waals surface area contributed by atoms with Crippen molar-refractivity contribution in [2.45, 2.75) is 0 Å². The SMILES string of the molecule is c1ccc(-c2nc(-c3cc(-c4ccccc4)c4ccccc4c3)nc(-c3cccc4oc5cc6ccncc6cc5c34)n2)cc1. The van der Waals surface area contributed by atoms with Gasteiger partial charge in [-0.3, -0.25) is 4.98 Å². The molecule has 0 saturated heterocycles. The Morgan fingerprint density at radius 2 is 1.16 bits per heavy atom. The van der Waals surface area contributed by atoms with Gasteiger partial charge in [0.25, 0.3) is 0 Å². The van der Waals surface area contributed by atoms with E-state index in [4.69, 9.17) is 19.4 Å². The van der Waals surface area contributed by atoms with Crippen molar-refractivity contribution in [1.29, 1.82) is 0 Å².